The maximum atomic E-state index is 11.8. The molecule has 18 heavy (non-hydrogen) atoms. The number of rotatable bonds is 6. The smallest absolute Gasteiger partial charge is 0.224 e. The number of aryl methyl sites for hydroxylation is 1. The maximum Gasteiger partial charge on any atom is 0.224 e. The molecule has 0 fully saturated rings. The number of hydrogen-bond donors (Lipinski definition) is 1. The highest BCUT2D eigenvalue weighted by Gasteiger charge is 2.12. The zero-order chi connectivity index (χ0) is 13.5. The molecule has 0 aliphatic rings. The number of para-hydroxylation sites is 1. The Morgan fingerprint density at radius 1 is 1.33 bits per heavy atom. The van der Waals surface area contributed by atoms with Gasteiger partial charge in [0.2, 0.25) is 5.91 Å². The SMILES string of the molecule is CCOc1c(CC)cccc1NC(=O)CC(C)C. The van der Waals surface area contributed by atoms with Crippen LogP contribution in [0.25, 0.3) is 0 Å². The van der Waals surface area contributed by atoms with Gasteiger partial charge in [-0.05, 0) is 30.9 Å². The number of amides is 1. The minimum atomic E-state index is 0.0409. The fourth-order valence-corrected chi connectivity index (χ4v) is 1.85. The molecular formula is C15H23NO2. The lowest BCUT2D eigenvalue weighted by molar-refractivity contribution is -0.116. The standard InChI is InChI=1S/C15H23NO2/c1-5-12-8-7-9-13(15(12)18-6-2)16-14(17)10-11(3)4/h7-9,11H,5-6,10H2,1-4H3,(H,16,17). The first-order valence-electron chi connectivity index (χ1n) is 6.63. The van der Waals surface area contributed by atoms with E-state index in [9.17, 15) is 4.79 Å². The minimum Gasteiger partial charge on any atom is -0.491 e. The molecule has 1 rings (SSSR count). The number of nitrogens with one attached hydrogen (secondary N) is 1. The van der Waals surface area contributed by atoms with E-state index in [1.165, 1.54) is 0 Å². The lowest BCUT2D eigenvalue weighted by Crippen LogP contribution is -2.15. The second-order valence-electron chi connectivity index (χ2n) is 4.73. The minimum absolute atomic E-state index is 0.0409. The third-order valence-corrected chi connectivity index (χ3v) is 2.63. The molecule has 1 N–H and O–H groups in total. The summed E-state index contributed by atoms with van der Waals surface area (Å²) in [6.07, 6.45) is 1.42. The van der Waals surface area contributed by atoms with E-state index >= 15 is 0 Å². The summed E-state index contributed by atoms with van der Waals surface area (Å²) >= 11 is 0. The molecule has 3 heteroatoms. The van der Waals surface area contributed by atoms with Gasteiger partial charge in [0.05, 0.1) is 12.3 Å². The monoisotopic (exact) mass is 249 g/mol. The van der Waals surface area contributed by atoms with Crippen molar-refractivity contribution in [3.63, 3.8) is 0 Å². The highest BCUT2D eigenvalue weighted by Crippen LogP contribution is 2.29. The number of benzene rings is 1. The van der Waals surface area contributed by atoms with Crippen LogP contribution in [0.15, 0.2) is 18.2 Å². The Hall–Kier alpha value is -1.51. The zero-order valence-electron chi connectivity index (χ0n) is 11.7. The molecule has 0 radical (unpaired) electrons. The van der Waals surface area contributed by atoms with Crippen LogP contribution in [0.4, 0.5) is 5.69 Å². The van der Waals surface area contributed by atoms with Crippen molar-refractivity contribution in [1.82, 2.24) is 0 Å². The second-order valence-corrected chi connectivity index (χ2v) is 4.73. The van der Waals surface area contributed by atoms with Crippen LogP contribution in [0.1, 0.15) is 39.7 Å². The van der Waals surface area contributed by atoms with Gasteiger partial charge in [-0.3, -0.25) is 4.79 Å². The predicted octanol–water partition coefficient (Wildman–Crippen LogP) is 3.63. The van der Waals surface area contributed by atoms with Crippen LogP contribution in [0.5, 0.6) is 5.75 Å². The summed E-state index contributed by atoms with van der Waals surface area (Å²) in [4.78, 5) is 11.8. The molecule has 1 aromatic carbocycles. The van der Waals surface area contributed by atoms with E-state index in [-0.39, 0.29) is 5.91 Å². The molecule has 3 nitrogen and oxygen atoms in total. The molecular weight excluding hydrogens is 226 g/mol. The summed E-state index contributed by atoms with van der Waals surface area (Å²) in [5.74, 6) is 1.20. The van der Waals surface area contributed by atoms with Crippen molar-refractivity contribution in [3.05, 3.63) is 23.8 Å². The topological polar surface area (TPSA) is 38.3 Å². The highest BCUT2D eigenvalue weighted by atomic mass is 16.5. The van der Waals surface area contributed by atoms with E-state index in [1.807, 2.05) is 39.0 Å². The van der Waals surface area contributed by atoms with Crippen LogP contribution in [0, 0.1) is 5.92 Å². The van der Waals surface area contributed by atoms with Gasteiger partial charge in [-0.15, -0.1) is 0 Å². The van der Waals surface area contributed by atoms with Crippen LogP contribution >= 0.6 is 0 Å². The van der Waals surface area contributed by atoms with E-state index < -0.39 is 0 Å². The molecule has 0 atom stereocenters. The lowest BCUT2D eigenvalue weighted by Gasteiger charge is -2.15. The molecule has 1 aromatic rings. The Kier molecular flexibility index (Phi) is 5.69. The predicted molar refractivity (Wildman–Crippen MR) is 75.1 cm³/mol. The molecule has 0 saturated carbocycles. The van der Waals surface area contributed by atoms with E-state index in [0.29, 0.717) is 18.9 Å². The Labute approximate surface area is 110 Å². The quantitative estimate of drug-likeness (QED) is 0.836. The van der Waals surface area contributed by atoms with E-state index in [1.54, 1.807) is 0 Å². The van der Waals surface area contributed by atoms with Gasteiger partial charge in [0.1, 0.15) is 5.75 Å². The molecule has 100 valence electrons. The van der Waals surface area contributed by atoms with Crippen LogP contribution in [0.2, 0.25) is 0 Å². The van der Waals surface area contributed by atoms with Gasteiger partial charge in [-0.2, -0.15) is 0 Å². The van der Waals surface area contributed by atoms with E-state index in [4.69, 9.17) is 4.74 Å². The van der Waals surface area contributed by atoms with E-state index in [0.717, 1.165) is 23.4 Å². The molecule has 0 aliphatic heterocycles. The molecule has 0 bridgehead atoms. The fourth-order valence-electron chi connectivity index (χ4n) is 1.85. The second kappa shape index (κ2) is 7.04. The number of anilines is 1. The fraction of sp³-hybridized carbons (Fsp3) is 0.533. The normalized spacial score (nSPS) is 10.5. The van der Waals surface area contributed by atoms with Gasteiger partial charge in [-0.25, -0.2) is 0 Å². The van der Waals surface area contributed by atoms with Crippen LogP contribution in [-0.4, -0.2) is 12.5 Å². The number of hydrogen-bond acceptors (Lipinski definition) is 2. The van der Waals surface area contributed by atoms with Gasteiger partial charge in [0, 0.05) is 6.42 Å². The van der Waals surface area contributed by atoms with Crippen LogP contribution in [0.3, 0.4) is 0 Å². The molecule has 1 amide bonds. The first-order valence-corrected chi connectivity index (χ1v) is 6.63. The van der Waals surface area contributed by atoms with Crippen molar-refractivity contribution < 1.29 is 9.53 Å². The summed E-state index contributed by atoms with van der Waals surface area (Å²) in [5, 5.41) is 2.94. The van der Waals surface area contributed by atoms with Crippen LogP contribution in [-0.2, 0) is 11.2 Å². The van der Waals surface area contributed by atoms with Gasteiger partial charge >= 0.3 is 0 Å². The Bertz CT molecular complexity index is 399. The van der Waals surface area contributed by atoms with Crippen LogP contribution < -0.4 is 10.1 Å². The number of carbonyl (C=O) groups is 1. The zero-order valence-corrected chi connectivity index (χ0v) is 11.7. The third-order valence-electron chi connectivity index (χ3n) is 2.63. The lowest BCUT2D eigenvalue weighted by atomic mass is 10.1. The van der Waals surface area contributed by atoms with Gasteiger partial charge in [-0.1, -0.05) is 32.9 Å². The maximum absolute atomic E-state index is 11.8. The molecule has 0 heterocycles. The van der Waals surface area contributed by atoms with Crippen molar-refractivity contribution in [2.75, 3.05) is 11.9 Å². The number of ether oxygens (including phenoxy) is 1. The van der Waals surface area contributed by atoms with Crippen molar-refractivity contribution in [2.24, 2.45) is 5.92 Å². The molecule has 0 aliphatic carbocycles. The summed E-state index contributed by atoms with van der Waals surface area (Å²) in [6.45, 7) is 8.70. The summed E-state index contributed by atoms with van der Waals surface area (Å²) in [6, 6.07) is 5.87. The van der Waals surface area contributed by atoms with Gasteiger partial charge in [0.25, 0.3) is 0 Å². The largest absolute Gasteiger partial charge is 0.491 e. The summed E-state index contributed by atoms with van der Waals surface area (Å²) in [7, 11) is 0. The van der Waals surface area contributed by atoms with Crippen molar-refractivity contribution in [3.8, 4) is 5.75 Å². The van der Waals surface area contributed by atoms with Crippen molar-refractivity contribution in [1.29, 1.82) is 0 Å². The van der Waals surface area contributed by atoms with Crippen molar-refractivity contribution in [2.45, 2.75) is 40.5 Å². The third kappa shape index (κ3) is 4.06. The summed E-state index contributed by atoms with van der Waals surface area (Å²) in [5.41, 5.74) is 1.90. The van der Waals surface area contributed by atoms with Gasteiger partial charge < -0.3 is 10.1 Å². The molecule has 0 saturated heterocycles. The van der Waals surface area contributed by atoms with Crippen molar-refractivity contribution >= 4 is 11.6 Å². The Morgan fingerprint density at radius 2 is 2.06 bits per heavy atom. The first kappa shape index (κ1) is 14.6. The Balaban J connectivity index is 2.90. The molecule has 0 unspecified atom stereocenters. The Morgan fingerprint density at radius 3 is 2.61 bits per heavy atom. The molecule has 0 spiro atoms. The first-order chi connectivity index (χ1) is 8.58. The molecule has 0 aromatic heterocycles. The average molecular weight is 249 g/mol. The highest BCUT2D eigenvalue weighted by molar-refractivity contribution is 5.92. The van der Waals surface area contributed by atoms with E-state index in [2.05, 4.69) is 12.2 Å². The number of carbonyl (C=O) groups excluding carboxylic acids is 1. The average Bonchev–Trinajstić information content (AvgIpc) is 2.30. The summed E-state index contributed by atoms with van der Waals surface area (Å²) < 4.78 is 5.65. The van der Waals surface area contributed by atoms with Gasteiger partial charge in [0.15, 0.2) is 0 Å².